The summed E-state index contributed by atoms with van der Waals surface area (Å²) in [7, 11) is 2.05. The van der Waals surface area contributed by atoms with Crippen LogP contribution in [0.3, 0.4) is 0 Å². The van der Waals surface area contributed by atoms with Crippen molar-refractivity contribution >= 4 is 34.0 Å². The summed E-state index contributed by atoms with van der Waals surface area (Å²) in [6.45, 7) is 4.19. The van der Waals surface area contributed by atoms with Crippen LogP contribution in [0.1, 0.15) is 11.1 Å². The fourth-order valence-corrected chi connectivity index (χ4v) is 3.26. The molecule has 0 aliphatic rings. The van der Waals surface area contributed by atoms with Crippen LogP contribution in [0.2, 0.25) is 0 Å². The molecule has 0 amide bonds. The van der Waals surface area contributed by atoms with Crippen LogP contribution in [0.4, 0.5) is 23.1 Å². The van der Waals surface area contributed by atoms with Gasteiger partial charge in [-0.05, 0) is 49.2 Å². The van der Waals surface area contributed by atoms with Gasteiger partial charge in [0.25, 0.3) is 0 Å². The van der Waals surface area contributed by atoms with Gasteiger partial charge in [0.05, 0.1) is 5.52 Å². The smallest absolute Gasteiger partial charge is 0.229 e. The quantitative estimate of drug-likeness (QED) is 0.506. The normalized spacial score (nSPS) is 10.8. The highest BCUT2D eigenvalue weighted by atomic mass is 15.2. The van der Waals surface area contributed by atoms with Crippen molar-refractivity contribution in [3.05, 3.63) is 83.9 Å². The molecule has 4 heteroatoms. The van der Waals surface area contributed by atoms with Crippen molar-refractivity contribution in [3.63, 3.8) is 0 Å². The van der Waals surface area contributed by atoms with Crippen molar-refractivity contribution < 1.29 is 0 Å². The zero-order valence-electron chi connectivity index (χ0n) is 15.8. The minimum absolute atomic E-state index is 0.596. The van der Waals surface area contributed by atoms with Gasteiger partial charge in [-0.15, -0.1) is 0 Å². The van der Waals surface area contributed by atoms with Gasteiger partial charge in [-0.2, -0.15) is 4.98 Å². The molecule has 0 bridgehead atoms. The number of benzene rings is 3. The third kappa shape index (κ3) is 3.34. The maximum atomic E-state index is 4.86. The van der Waals surface area contributed by atoms with Gasteiger partial charge in [0, 0.05) is 23.8 Å². The molecule has 1 aromatic heterocycles. The maximum Gasteiger partial charge on any atom is 0.229 e. The summed E-state index contributed by atoms with van der Waals surface area (Å²) in [5.41, 5.74) is 5.42. The molecular weight excluding hydrogens is 332 g/mol. The first-order chi connectivity index (χ1) is 13.1. The van der Waals surface area contributed by atoms with E-state index in [1.54, 1.807) is 0 Å². The monoisotopic (exact) mass is 354 g/mol. The number of para-hydroxylation sites is 3. The van der Waals surface area contributed by atoms with Crippen molar-refractivity contribution in [2.24, 2.45) is 0 Å². The lowest BCUT2D eigenvalue weighted by Crippen LogP contribution is -2.14. The minimum atomic E-state index is 0.596. The fourth-order valence-electron chi connectivity index (χ4n) is 3.26. The number of aromatic nitrogens is 2. The minimum Gasteiger partial charge on any atom is -0.329 e. The van der Waals surface area contributed by atoms with E-state index in [4.69, 9.17) is 9.97 Å². The van der Waals surface area contributed by atoms with Crippen molar-refractivity contribution in [3.8, 4) is 0 Å². The highest BCUT2D eigenvalue weighted by molar-refractivity contribution is 5.92. The summed E-state index contributed by atoms with van der Waals surface area (Å²) >= 11 is 0. The SMILES string of the molecule is Cc1ccccc1Nc1nc(N(C)c2ccccc2C)c2ccccc2n1. The number of hydrogen-bond donors (Lipinski definition) is 1. The Balaban J connectivity index is 1.84. The van der Waals surface area contributed by atoms with E-state index < -0.39 is 0 Å². The first-order valence-electron chi connectivity index (χ1n) is 9.02. The summed E-state index contributed by atoms with van der Waals surface area (Å²) in [4.78, 5) is 11.7. The van der Waals surface area contributed by atoms with E-state index in [1.807, 2.05) is 36.4 Å². The van der Waals surface area contributed by atoms with Crippen LogP contribution in [-0.4, -0.2) is 17.0 Å². The van der Waals surface area contributed by atoms with E-state index in [-0.39, 0.29) is 0 Å². The predicted molar refractivity (Wildman–Crippen MR) is 113 cm³/mol. The molecular formula is C23H22N4. The Morgan fingerprint density at radius 2 is 1.41 bits per heavy atom. The lowest BCUT2D eigenvalue weighted by Gasteiger charge is -2.22. The van der Waals surface area contributed by atoms with Gasteiger partial charge in [0.15, 0.2) is 0 Å². The molecule has 0 saturated heterocycles. The average molecular weight is 354 g/mol. The Morgan fingerprint density at radius 3 is 2.19 bits per heavy atom. The van der Waals surface area contributed by atoms with Crippen LogP contribution in [0.15, 0.2) is 72.8 Å². The summed E-state index contributed by atoms with van der Waals surface area (Å²) in [5, 5.41) is 4.40. The van der Waals surface area contributed by atoms with Crippen LogP contribution in [-0.2, 0) is 0 Å². The standard InChI is InChI=1S/C23H22N4/c1-16-10-4-7-13-19(16)24-23-25-20-14-8-6-12-18(20)22(26-23)27(3)21-15-9-5-11-17(21)2/h4-15H,1-3H3,(H,24,25,26). The van der Waals surface area contributed by atoms with Gasteiger partial charge in [-0.3, -0.25) is 0 Å². The number of anilines is 4. The van der Waals surface area contributed by atoms with Gasteiger partial charge in [-0.25, -0.2) is 4.98 Å². The zero-order valence-corrected chi connectivity index (χ0v) is 15.8. The highest BCUT2D eigenvalue weighted by Crippen LogP contribution is 2.32. The van der Waals surface area contributed by atoms with Crippen LogP contribution in [0.25, 0.3) is 10.9 Å². The van der Waals surface area contributed by atoms with E-state index in [0.717, 1.165) is 33.7 Å². The molecule has 0 unspecified atom stereocenters. The molecule has 0 spiro atoms. The Labute approximate surface area is 159 Å². The molecule has 0 fully saturated rings. The van der Waals surface area contributed by atoms with Crippen LogP contribution in [0.5, 0.6) is 0 Å². The Kier molecular flexibility index (Phi) is 4.47. The largest absolute Gasteiger partial charge is 0.329 e. The third-order valence-corrected chi connectivity index (χ3v) is 4.77. The Bertz CT molecular complexity index is 1100. The third-order valence-electron chi connectivity index (χ3n) is 4.77. The van der Waals surface area contributed by atoms with Gasteiger partial charge >= 0.3 is 0 Å². The second-order valence-electron chi connectivity index (χ2n) is 6.67. The van der Waals surface area contributed by atoms with E-state index in [1.165, 1.54) is 5.56 Å². The van der Waals surface area contributed by atoms with E-state index in [2.05, 4.69) is 67.5 Å². The lowest BCUT2D eigenvalue weighted by atomic mass is 10.1. The lowest BCUT2D eigenvalue weighted by molar-refractivity contribution is 1.10. The first kappa shape index (κ1) is 17.0. The molecule has 4 nitrogen and oxygen atoms in total. The van der Waals surface area contributed by atoms with Crippen molar-refractivity contribution in [1.29, 1.82) is 0 Å². The predicted octanol–water partition coefficient (Wildman–Crippen LogP) is 5.76. The number of fused-ring (bicyclic) bond motifs is 1. The molecule has 0 saturated carbocycles. The van der Waals surface area contributed by atoms with Crippen LogP contribution < -0.4 is 10.2 Å². The number of hydrogen-bond acceptors (Lipinski definition) is 4. The summed E-state index contributed by atoms with van der Waals surface area (Å²) in [6, 6.07) is 24.6. The van der Waals surface area contributed by atoms with Gasteiger partial charge in [0.2, 0.25) is 5.95 Å². The first-order valence-corrected chi connectivity index (χ1v) is 9.02. The zero-order chi connectivity index (χ0) is 18.8. The molecule has 0 atom stereocenters. The van der Waals surface area contributed by atoms with Crippen molar-refractivity contribution in [2.45, 2.75) is 13.8 Å². The van der Waals surface area contributed by atoms with Crippen molar-refractivity contribution in [2.75, 3.05) is 17.3 Å². The maximum absolute atomic E-state index is 4.86. The summed E-state index contributed by atoms with van der Waals surface area (Å²) in [5.74, 6) is 1.48. The molecule has 134 valence electrons. The number of rotatable bonds is 4. The van der Waals surface area contributed by atoms with E-state index in [9.17, 15) is 0 Å². The van der Waals surface area contributed by atoms with Gasteiger partial charge in [-0.1, -0.05) is 48.5 Å². The molecule has 3 aromatic carbocycles. The summed E-state index contributed by atoms with van der Waals surface area (Å²) < 4.78 is 0. The molecule has 27 heavy (non-hydrogen) atoms. The van der Waals surface area contributed by atoms with E-state index >= 15 is 0 Å². The molecule has 0 radical (unpaired) electrons. The fraction of sp³-hybridized carbons (Fsp3) is 0.130. The van der Waals surface area contributed by atoms with Gasteiger partial charge < -0.3 is 10.2 Å². The number of nitrogens with one attached hydrogen (secondary N) is 1. The second-order valence-corrected chi connectivity index (χ2v) is 6.67. The van der Waals surface area contributed by atoms with Crippen molar-refractivity contribution in [1.82, 2.24) is 9.97 Å². The second kappa shape index (κ2) is 7.08. The molecule has 4 rings (SSSR count). The van der Waals surface area contributed by atoms with Crippen LogP contribution >= 0.6 is 0 Å². The van der Waals surface area contributed by atoms with Gasteiger partial charge in [0.1, 0.15) is 5.82 Å². The highest BCUT2D eigenvalue weighted by Gasteiger charge is 2.14. The van der Waals surface area contributed by atoms with E-state index in [0.29, 0.717) is 5.95 Å². The molecule has 4 aromatic rings. The topological polar surface area (TPSA) is 41.1 Å². The molecule has 0 aliphatic carbocycles. The summed E-state index contributed by atoms with van der Waals surface area (Å²) in [6.07, 6.45) is 0. The van der Waals surface area contributed by atoms with Crippen LogP contribution in [0, 0.1) is 13.8 Å². The number of aryl methyl sites for hydroxylation is 2. The molecule has 1 heterocycles. The molecule has 0 aliphatic heterocycles. The number of nitrogens with zero attached hydrogens (tertiary/aromatic N) is 3. The average Bonchev–Trinajstić information content (AvgIpc) is 2.69. The molecule has 1 N–H and O–H groups in total. The Morgan fingerprint density at radius 1 is 0.741 bits per heavy atom. The Hall–Kier alpha value is -3.40.